The zero-order valence-corrected chi connectivity index (χ0v) is 13.6. The third-order valence-electron chi connectivity index (χ3n) is 6.36. The summed E-state index contributed by atoms with van der Waals surface area (Å²) in [6.45, 7) is 0.608. The highest BCUT2D eigenvalue weighted by atomic mass is 35.5. The zero-order chi connectivity index (χ0) is 15.8. The molecule has 3 fully saturated rings. The Morgan fingerprint density at radius 1 is 1.30 bits per heavy atom. The molecule has 4 aliphatic rings. The SMILES string of the molecule is O=C(N1C[C@@H]2C[C@H]1c1ccc(Cl)cc1O2)C12CCC(F)(CC1)C2. The van der Waals surface area contributed by atoms with Crippen LogP contribution in [-0.4, -0.2) is 29.1 Å². The van der Waals surface area contributed by atoms with Crippen molar-refractivity contribution in [3.8, 4) is 5.75 Å². The van der Waals surface area contributed by atoms with Crippen LogP contribution in [0.15, 0.2) is 18.2 Å². The largest absolute Gasteiger partial charge is 0.488 e. The van der Waals surface area contributed by atoms with Gasteiger partial charge in [0, 0.05) is 17.0 Å². The number of fused-ring (bicyclic) bond motifs is 6. The molecule has 1 aromatic rings. The molecule has 122 valence electrons. The maximum absolute atomic E-state index is 14.5. The van der Waals surface area contributed by atoms with Crippen molar-refractivity contribution in [3.63, 3.8) is 0 Å². The zero-order valence-electron chi connectivity index (χ0n) is 12.9. The van der Waals surface area contributed by atoms with Crippen LogP contribution in [0, 0.1) is 5.41 Å². The van der Waals surface area contributed by atoms with Gasteiger partial charge in [0.2, 0.25) is 5.91 Å². The molecule has 5 rings (SSSR count). The van der Waals surface area contributed by atoms with Crippen LogP contribution < -0.4 is 4.74 Å². The van der Waals surface area contributed by atoms with Gasteiger partial charge >= 0.3 is 0 Å². The molecule has 1 aromatic carbocycles. The maximum atomic E-state index is 14.5. The highest BCUT2D eigenvalue weighted by molar-refractivity contribution is 6.30. The Morgan fingerprint density at radius 3 is 2.78 bits per heavy atom. The second-order valence-corrected chi connectivity index (χ2v) is 8.18. The number of nitrogens with zero attached hydrogens (tertiary/aromatic N) is 1. The number of amides is 1. The molecule has 2 heterocycles. The van der Waals surface area contributed by atoms with Crippen molar-refractivity contribution in [1.82, 2.24) is 4.90 Å². The van der Waals surface area contributed by atoms with Crippen LogP contribution in [0.25, 0.3) is 0 Å². The predicted octanol–water partition coefficient (Wildman–Crippen LogP) is 4.05. The molecule has 23 heavy (non-hydrogen) atoms. The van der Waals surface area contributed by atoms with Crippen molar-refractivity contribution < 1.29 is 13.9 Å². The number of hydrogen-bond acceptors (Lipinski definition) is 2. The van der Waals surface area contributed by atoms with Crippen molar-refractivity contribution in [3.05, 3.63) is 28.8 Å². The lowest BCUT2D eigenvalue weighted by atomic mass is 9.82. The number of carbonyl (C=O) groups is 1. The van der Waals surface area contributed by atoms with Gasteiger partial charge in [-0.1, -0.05) is 17.7 Å². The summed E-state index contributed by atoms with van der Waals surface area (Å²) in [6, 6.07) is 5.70. The first kappa shape index (κ1) is 14.1. The summed E-state index contributed by atoms with van der Waals surface area (Å²) in [5, 5.41) is 0.648. The number of benzene rings is 1. The Hall–Kier alpha value is -1.29. The van der Waals surface area contributed by atoms with Crippen molar-refractivity contribution >= 4 is 17.5 Å². The topological polar surface area (TPSA) is 29.5 Å². The summed E-state index contributed by atoms with van der Waals surface area (Å²) in [4.78, 5) is 15.2. The Bertz CT molecular complexity index is 698. The Kier molecular flexibility index (Phi) is 2.70. The van der Waals surface area contributed by atoms with E-state index in [0.717, 1.165) is 17.7 Å². The molecule has 2 aliphatic heterocycles. The molecule has 4 bridgehead atoms. The number of rotatable bonds is 1. The normalized spacial score (nSPS) is 40.2. The minimum Gasteiger partial charge on any atom is -0.488 e. The van der Waals surface area contributed by atoms with Crippen molar-refractivity contribution in [2.45, 2.75) is 56.3 Å². The number of carbonyl (C=O) groups excluding carboxylic acids is 1. The second-order valence-electron chi connectivity index (χ2n) is 7.74. The molecule has 2 aliphatic carbocycles. The van der Waals surface area contributed by atoms with Crippen LogP contribution in [-0.2, 0) is 4.79 Å². The van der Waals surface area contributed by atoms with Gasteiger partial charge in [0.25, 0.3) is 0 Å². The second kappa shape index (κ2) is 4.41. The maximum Gasteiger partial charge on any atom is 0.229 e. The van der Waals surface area contributed by atoms with Crippen molar-refractivity contribution in [1.29, 1.82) is 0 Å². The Labute approximate surface area is 139 Å². The summed E-state index contributed by atoms with van der Waals surface area (Å²) in [7, 11) is 0. The number of alkyl halides is 1. The number of likely N-dealkylation sites (tertiary alicyclic amines) is 1. The fourth-order valence-electron chi connectivity index (χ4n) is 5.20. The van der Waals surface area contributed by atoms with Gasteiger partial charge in [-0.25, -0.2) is 4.39 Å². The van der Waals surface area contributed by atoms with Gasteiger partial charge in [-0.05, 0) is 44.2 Å². The van der Waals surface area contributed by atoms with Gasteiger partial charge in [0.05, 0.1) is 18.0 Å². The highest BCUT2D eigenvalue weighted by Crippen LogP contribution is 2.60. The van der Waals surface area contributed by atoms with Gasteiger partial charge in [-0.15, -0.1) is 0 Å². The van der Waals surface area contributed by atoms with Gasteiger partial charge in [0.15, 0.2) is 0 Å². The minimum atomic E-state index is -1.09. The summed E-state index contributed by atoms with van der Waals surface area (Å²) in [5.74, 6) is 0.942. The summed E-state index contributed by atoms with van der Waals surface area (Å²) < 4.78 is 20.5. The third-order valence-corrected chi connectivity index (χ3v) is 6.60. The van der Waals surface area contributed by atoms with Gasteiger partial charge in [-0.3, -0.25) is 4.79 Å². The van der Waals surface area contributed by atoms with E-state index in [9.17, 15) is 9.18 Å². The molecule has 2 atom stereocenters. The molecule has 3 nitrogen and oxygen atoms in total. The quantitative estimate of drug-likeness (QED) is 0.775. The van der Waals surface area contributed by atoms with E-state index >= 15 is 0 Å². The molecule has 2 saturated carbocycles. The average molecular weight is 336 g/mol. The van der Waals surface area contributed by atoms with Gasteiger partial charge in [0.1, 0.15) is 17.5 Å². The smallest absolute Gasteiger partial charge is 0.229 e. The molecule has 1 saturated heterocycles. The molecule has 0 spiro atoms. The van der Waals surface area contributed by atoms with E-state index in [1.165, 1.54) is 0 Å². The number of halogens is 2. The molecule has 5 heteroatoms. The van der Waals surface area contributed by atoms with Crippen LogP contribution in [0.5, 0.6) is 5.75 Å². The van der Waals surface area contributed by atoms with E-state index < -0.39 is 11.1 Å². The highest BCUT2D eigenvalue weighted by Gasteiger charge is 2.61. The monoisotopic (exact) mass is 335 g/mol. The number of hydrogen-bond donors (Lipinski definition) is 0. The van der Waals surface area contributed by atoms with Crippen molar-refractivity contribution in [2.24, 2.45) is 5.41 Å². The molecule has 0 N–H and O–H groups in total. The van der Waals surface area contributed by atoms with Crippen LogP contribution in [0.3, 0.4) is 0 Å². The van der Waals surface area contributed by atoms with E-state index in [0.29, 0.717) is 43.7 Å². The first-order valence-electron chi connectivity index (χ1n) is 8.44. The summed E-state index contributed by atoms with van der Waals surface area (Å²) >= 11 is 6.06. The first-order chi connectivity index (χ1) is 11.0. The van der Waals surface area contributed by atoms with E-state index in [-0.39, 0.29) is 18.1 Å². The fraction of sp³-hybridized carbons (Fsp3) is 0.611. The molecule has 0 radical (unpaired) electrons. The van der Waals surface area contributed by atoms with Crippen LogP contribution >= 0.6 is 11.6 Å². The van der Waals surface area contributed by atoms with E-state index in [1.807, 2.05) is 23.1 Å². The Morgan fingerprint density at radius 2 is 2.09 bits per heavy atom. The van der Waals surface area contributed by atoms with E-state index in [4.69, 9.17) is 16.3 Å². The van der Waals surface area contributed by atoms with Crippen molar-refractivity contribution in [2.75, 3.05) is 6.54 Å². The lowest BCUT2D eigenvalue weighted by Crippen LogP contribution is -2.41. The summed E-state index contributed by atoms with van der Waals surface area (Å²) in [5.41, 5.74) is -0.513. The average Bonchev–Trinajstić information content (AvgIpc) is 3.16. The van der Waals surface area contributed by atoms with E-state index in [2.05, 4.69) is 0 Å². The predicted molar refractivity (Wildman–Crippen MR) is 84.3 cm³/mol. The van der Waals surface area contributed by atoms with Crippen LogP contribution in [0.2, 0.25) is 5.02 Å². The lowest BCUT2D eigenvalue weighted by Gasteiger charge is -2.34. The summed E-state index contributed by atoms with van der Waals surface area (Å²) in [6.07, 6.45) is 3.77. The standard InChI is InChI=1S/C18H19ClFNO2/c19-11-1-2-13-14-8-12(23-15(13)7-11)9-21(14)16(22)17-3-5-18(20,10-17)6-4-17/h1-2,7,12,14H,3-6,8-10H2/t12-,14-,17?,18?/m0/s1. The molecule has 0 aromatic heterocycles. The van der Waals surface area contributed by atoms with Gasteiger partial charge < -0.3 is 9.64 Å². The number of ether oxygens (including phenoxy) is 1. The minimum absolute atomic E-state index is 0.0317. The molecule has 1 amide bonds. The molecular formula is C18H19ClFNO2. The fourth-order valence-corrected chi connectivity index (χ4v) is 5.36. The molecular weight excluding hydrogens is 317 g/mol. The Balaban J connectivity index is 1.49. The van der Waals surface area contributed by atoms with E-state index in [1.54, 1.807) is 0 Å². The van der Waals surface area contributed by atoms with Crippen LogP contribution in [0.1, 0.15) is 50.1 Å². The third kappa shape index (κ3) is 1.90. The molecule has 0 unspecified atom stereocenters. The lowest BCUT2D eigenvalue weighted by molar-refractivity contribution is -0.142. The van der Waals surface area contributed by atoms with Crippen LogP contribution in [0.4, 0.5) is 4.39 Å². The van der Waals surface area contributed by atoms with Gasteiger partial charge in [-0.2, -0.15) is 0 Å². The first-order valence-corrected chi connectivity index (χ1v) is 8.82.